The maximum absolute atomic E-state index is 12.1. The van der Waals surface area contributed by atoms with E-state index < -0.39 is 0 Å². The van der Waals surface area contributed by atoms with Crippen LogP contribution in [-0.2, 0) is 9.53 Å². The molecule has 0 spiro atoms. The quantitative estimate of drug-likeness (QED) is 0.762. The van der Waals surface area contributed by atoms with Gasteiger partial charge in [0.05, 0.1) is 12.6 Å². The van der Waals surface area contributed by atoms with Gasteiger partial charge in [0.1, 0.15) is 0 Å². The lowest BCUT2D eigenvalue weighted by atomic mass is 10.0. The molecule has 1 N–H and O–H groups in total. The highest BCUT2D eigenvalue weighted by atomic mass is 16.5. The molecule has 1 fully saturated rings. The van der Waals surface area contributed by atoms with Gasteiger partial charge in [0.2, 0.25) is 5.91 Å². The number of carbonyl (C=O) groups is 1. The largest absolute Gasteiger partial charge is 0.383 e. The predicted octanol–water partition coefficient (Wildman–Crippen LogP) is 1.26. The molecule has 0 aromatic heterocycles. The van der Waals surface area contributed by atoms with Crippen molar-refractivity contribution < 1.29 is 9.53 Å². The number of hydrogen-bond donors (Lipinski definition) is 1. The first-order chi connectivity index (χ1) is 8.06. The van der Waals surface area contributed by atoms with Crippen LogP contribution < -0.4 is 5.32 Å². The minimum absolute atomic E-state index is 0.115. The van der Waals surface area contributed by atoms with Crippen molar-refractivity contribution in [2.75, 3.05) is 26.8 Å². The lowest BCUT2D eigenvalue weighted by Crippen LogP contribution is -2.50. The molecule has 1 heterocycles. The second-order valence-corrected chi connectivity index (χ2v) is 5.23. The summed E-state index contributed by atoms with van der Waals surface area (Å²) in [7, 11) is 1.70. The highest BCUT2D eigenvalue weighted by Crippen LogP contribution is 2.10. The third-order valence-corrected chi connectivity index (χ3v) is 3.40. The topological polar surface area (TPSA) is 41.6 Å². The van der Waals surface area contributed by atoms with Gasteiger partial charge in [-0.05, 0) is 25.7 Å². The Bertz CT molecular complexity index is 238. The number of carbonyl (C=O) groups excluding carboxylic acids is 1. The predicted molar refractivity (Wildman–Crippen MR) is 68.9 cm³/mol. The fraction of sp³-hybridized carbons (Fsp3) is 0.923. The van der Waals surface area contributed by atoms with E-state index in [2.05, 4.69) is 19.2 Å². The van der Waals surface area contributed by atoms with Gasteiger partial charge in [-0.25, -0.2) is 0 Å². The van der Waals surface area contributed by atoms with Gasteiger partial charge in [-0.2, -0.15) is 0 Å². The highest BCUT2D eigenvalue weighted by Gasteiger charge is 2.25. The van der Waals surface area contributed by atoms with Crippen molar-refractivity contribution in [1.29, 1.82) is 0 Å². The summed E-state index contributed by atoms with van der Waals surface area (Å²) in [5.74, 6) is 0.688. The van der Waals surface area contributed by atoms with Crippen LogP contribution in [-0.4, -0.2) is 49.7 Å². The van der Waals surface area contributed by atoms with Crippen molar-refractivity contribution in [3.63, 3.8) is 0 Å². The van der Waals surface area contributed by atoms with Crippen molar-refractivity contribution >= 4 is 5.91 Å². The van der Waals surface area contributed by atoms with Crippen LogP contribution in [0, 0.1) is 5.92 Å². The number of likely N-dealkylation sites (tertiary alicyclic amines) is 1. The van der Waals surface area contributed by atoms with E-state index in [1.807, 2.05) is 11.8 Å². The smallest absolute Gasteiger partial charge is 0.239 e. The van der Waals surface area contributed by atoms with E-state index in [1.54, 1.807) is 7.11 Å². The molecule has 0 aromatic rings. The molecule has 2 unspecified atom stereocenters. The molecule has 0 saturated carbocycles. The molecule has 1 saturated heterocycles. The zero-order valence-corrected chi connectivity index (χ0v) is 11.5. The molecular weight excluding hydrogens is 216 g/mol. The Morgan fingerprint density at radius 2 is 1.88 bits per heavy atom. The maximum Gasteiger partial charge on any atom is 0.239 e. The first-order valence-corrected chi connectivity index (χ1v) is 6.60. The monoisotopic (exact) mass is 242 g/mol. The van der Waals surface area contributed by atoms with Crippen molar-refractivity contribution in [2.45, 2.75) is 45.7 Å². The summed E-state index contributed by atoms with van der Waals surface area (Å²) in [6.45, 7) is 8.72. The van der Waals surface area contributed by atoms with Crippen molar-refractivity contribution in [1.82, 2.24) is 10.2 Å². The number of methoxy groups -OCH3 is 1. The summed E-state index contributed by atoms with van der Waals surface area (Å²) in [5, 5.41) is 3.38. The normalized spacial score (nSPS) is 19.7. The summed E-state index contributed by atoms with van der Waals surface area (Å²) >= 11 is 0. The van der Waals surface area contributed by atoms with Gasteiger partial charge in [0.25, 0.3) is 0 Å². The number of nitrogens with one attached hydrogen (secondary N) is 1. The fourth-order valence-corrected chi connectivity index (χ4v) is 2.22. The molecule has 0 bridgehead atoms. The molecule has 0 radical (unpaired) electrons. The molecule has 1 rings (SSSR count). The number of amides is 1. The molecule has 4 nitrogen and oxygen atoms in total. The average Bonchev–Trinajstić information content (AvgIpc) is 2.80. The summed E-state index contributed by atoms with van der Waals surface area (Å²) in [4.78, 5) is 14.1. The zero-order chi connectivity index (χ0) is 12.8. The molecule has 4 heteroatoms. The van der Waals surface area contributed by atoms with Crippen LogP contribution in [0.4, 0.5) is 0 Å². The number of hydrogen-bond acceptors (Lipinski definition) is 3. The molecule has 0 aromatic carbocycles. The van der Waals surface area contributed by atoms with E-state index in [1.165, 1.54) is 0 Å². The Kier molecular flexibility index (Phi) is 5.92. The second-order valence-electron chi connectivity index (χ2n) is 5.23. The Balaban J connectivity index is 2.44. The van der Waals surface area contributed by atoms with E-state index in [-0.39, 0.29) is 18.0 Å². The average molecular weight is 242 g/mol. The van der Waals surface area contributed by atoms with E-state index in [9.17, 15) is 4.79 Å². The molecule has 1 aliphatic rings. The molecule has 1 aliphatic heterocycles. The van der Waals surface area contributed by atoms with Gasteiger partial charge in [-0.15, -0.1) is 0 Å². The van der Waals surface area contributed by atoms with Crippen LogP contribution in [0.2, 0.25) is 0 Å². The number of rotatable bonds is 6. The Hall–Kier alpha value is -0.610. The van der Waals surface area contributed by atoms with Crippen LogP contribution in [0.5, 0.6) is 0 Å². The van der Waals surface area contributed by atoms with Crippen LogP contribution in [0.25, 0.3) is 0 Å². The second kappa shape index (κ2) is 6.97. The van der Waals surface area contributed by atoms with Crippen LogP contribution in [0.3, 0.4) is 0 Å². The number of nitrogens with zero attached hydrogens (tertiary/aromatic N) is 1. The Morgan fingerprint density at radius 1 is 1.29 bits per heavy atom. The van der Waals surface area contributed by atoms with Gasteiger partial charge < -0.3 is 15.0 Å². The van der Waals surface area contributed by atoms with Crippen LogP contribution in [0.15, 0.2) is 0 Å². The minimum atomic E-state index is -0.115. The SMILES string of the molecule is COCC(NC(C)C(=O)N1CCCC1)C(C)C. The Morgan fingerprint density at radius 3 is 2.35 bits per heavy atom. The summed E-state index contributed by atoms with van der Waals surface area (Å²) in [5.41, 5.74) is 0. The lowest BCUT2D eigenvalue weighted by molar-refractivity contribution is -0.132. The third kappa shape index (κ3) is 4.28. The van der Waals surface area contributed by atoms with E-state index >= 15 is 0 Å². The highest BCUT2D eigenvalue weighted by molar-refractivity contribution is 5.81. The first-order valence-electron chi connectivity index (χ1n) is 6.60. The molecule has 2 atom stereocenters. The molecule has 17 heavy (non-hydrogen) atoms. The third-order valence-electron chi connectivity index (χ3n) is 3.40. The molecule has 100 valence electrons. The van der Waals surface area contributed by atoms with Crippen molar-refractivity contribution in [2.24, 2.45) is 5.92 Å². The van der Waals surface area contributed by atoms with Gasteiger partial charge in [-0.3, -0.25) is 4.79 Å². The van der Waals surface area contributed by atoms with E-state index in [0.717, 1.165) is 25.9 Å². The van der Waals surface area contributed by atoms with E-state index in [4.69, 9.17) is 4.74 Å². The summed E-state index contributed by atoms with van der Waals surface area (Å²) in [6.07, 6.45) is 2.29. The van der Waals surface area contributed by atoms with Gasteiger partial charge in [-0.1, -0.05) is 13.8 Å². The first kappa shape index (κ1) is 14.5. The van der Waals surface area contributed by atoms with E-state index in [0.29, 0.717) is 12.5 Å². The molecule has 1 amide bonds. The van der Waals surface area contributed by atoms with Crippen molar-refractivity contribution in [3.05, 3.63) is 0 Å². The molecular formula is C13H26N2O2. The molecule has 0 aliphatic carbocycles. The lowest BCUT2D eigenvalue weighted by Gasteiger charge is -2.27. The Labute approximate surface area is 105 Å². The maximum atomic E-state index is 12.1. The zero-order valence-electron chi connectivity index (χ0n) is 11.5. The van der Waals surface area contributed by atoms with Crippen molar-refractivity contribution in [3.8, 4) is 0 Å². The minimum Gasteiger partial charge on any atom is -0.383 e. The van der Waals surface area contributed by atoms with Gasteiger partial charge in [0, 0.05) is 26.2 Å². The van der Waals surface area contributed by atoms with Gasteiger partial charge >= 0.3 is 0 Å². The number of ether oxygens (including phenoxy) is 1. The van der Waals surface area contributed by atoms with Crippen LogP contribution >= 0.6 is 0 Å². The van der Waals surface area contributed by atoms with Gasteiger partial charge in [0.15, 0.2) is 0 Å². The standard InChI is InChI=1S/C13H26N2O2/c1-10(2)12(9-17-4)14-11(3)13(16)15-7-5-6-8-15/h10-12,14H,5-9H2,1-4H3. The fourth-order valence-electron chi connectivity index (χ4n) is 2.22. The summed E-state index contributed by atoms with van der Waals surface area (Å²) in [6, 6.07) is 0.122. The van der Waals surface area contributed by atoms with Crippen LogP contribution in [0.1, 0.15) is 33.6 Å². The summed E-state index contributed by atoms with van der Waals surface area (Å²) < 4.78 is 5.18.